The van der Waals surface area contributed by atoms with E-state index in [1.54, 1.807) is 7.11 Å². The van der Waals surface area contributed by atoms with Gasteiger partial charge in [0.25, 0.3) is 0 Å². The van der Waals surface area contributed by atoms with Crippen LogP contribution in [-0.4, -0.2) is 51.2 Å². The Morgan fingerprint density at radius 3 is 2.21 bits per heavy atom. The van der Waals surface area contributed by atoms with Crippen molar-refractivity contribution >= 4 is 10.4 Å². The highest BCUT2D eigenvalue weighted by molar-refractivity contribution is 7.80. The lowest BCUT2D eigenvalue weighted by Crippen LogP contribution is -2.46. The van der Waals surface area contributed by atoms with Crippen LogP contribution in [0.2, 0.25) is 0 Å². The molecule has 0 bridgehead atoms. The predicted molar refractivity (Wildman–Crippen MR) is 92.7 cm³/mol. The number of ether oxygens (including phenoxy) is 1. The number of likely N-dealkylation sites (N-methyl/N-ethyl adjacent to an activating group) is 1. The van der Waals surface area contributed by atoms with Crippen LogP contribution < -0.4 is 4.74 Å². The van der Waals surface area contributed by atoms with E-state index in [9.17, 15) is 13.0 Å². The van der Waals surface area contributed by atoms with Crippen molar-refractivity contribution in [2.75, 3.05) is 27.7 Å². The van der Waals surface area contributed by atoms with Crippen molar-refractivity contribution in [3.8, 4) is 5.75 Å². The molecule has 1 aromatic carbocycles. The zero-order valence-electron chi connectivity index (χ0n) is 14.6. The van der Waals surface area contributed by atoms with E-state index in [0.29, 0.717) is 19.4 Å². The molecule has 1 fully saturated rings. The molecule has 1 N–H and O–H groups in total. The molecule has 1 aliphatic rings. The van der Waals surface area contributed by atoms with Gasteiger partial charge < -0.3 is 9.64 Å². The van der Waals surface area contributed by atoms with Crippen molar-refractivity contribution in [1.82, 2.24) is 4.90 Å². The molecule has 0 heterocycles. The maximum atomic E-state index is 11.5. The van der Waals surface area contributed by atoms with Crippen molar-refractivity contribution in [3.63, 3.8) is 0 Å². The quantitative estimate of drug-likeness (QED) is 0.756. The van der Waals surface area contributed by atoms with E-state index in [1.807, 2.05) is 43.3 Å². The van der Waals surface area contributed by atoms with Crippen LogP contribution in [0.1, 0.15) is 43.6 Å². The summed E-state index contributed by atoms with van der Waals surface area (Å²) in [5, 5.41) is 0. The molecular weight excluding hydrogens is 330 g/mol. The Morgan fingerprint density at radius 2 is 1.75 bits per heavy atom. The predicted octanol–water partition coefficient (Wildman–Crippen LogP) is 2.86. The molecule has 0 aromatic heterocycles. The van der Waals surface area contributed by atoms with Gasteiger partial charge in [0.05, 0.1) is 12.7 Å². The zero-order chi connectivity index (χ0) is 17.8. The molecule has 0 spiro atoms. The molecule has 1 unspecified atom stereocenters. The molecular formula is C17H27NO5S. The Bertz CT molecular complexity index is 621. The number of hydrogen-bond donors (Lipinski definition) is 1. The van der Waals surface area contributed by atoms with Crippen LogP contribution in [0.5, 0.6) is 5.75 Å². The molecule has 1 aliphatic carbocycles. The first-order valence-electron chi connectivity index (χ1n) is 8.22. The molecule has 6 nitrogen and oxygen atoms in total. The summed E-state index contributed by atoms with van der Waals surface area (Å²) in [5.74, 6) is 0.580. The maximum Gasteiger partial charge on any atom is 0.397 e. The van der Waals surface area contributed by atoms with Gasteiger partial charge in [0.1, 0.15) is 5.75 Å². The summed E-state index contributed by atoms with van der Waals surface area (Å²) in [7, 11) is 0.970. The number of benzene rings is 1. The fourth-order valence-electron chi connectivity index (χ4n) is 3.63. The summed E-state index contributed by atoms with van der Waals surface area (Å²) < 4.78 is 42.9. The van der Waals surface area contributed by atoms with Crippen molar-refractivity contribution in [2.24, 2.45) is 0 Å². The fourth-order valence-corrected chi connectivity index (χ4v) is 4.33. The van der Waals surface area contributed by atoms with Crippen molar-refractivity contribution < 1.29 is 21.9 Å². The lowest BCUT2D eigenvalue weighted by atomic mass is 9.72. The number of methoxy groups -OCH3 is 1. The van der Waals surface area contributed by atoms with E-state index in [0.717, 1.165) is 30.6 Å². The maximum absolute atomic E-state index is 11.5. The lowest BCUT2D eigenvalue weighted by Gasteiger charge is -2.43. The minimum absolute atomic E-state index is 0.166. The molecule has 7 heteroatoms. The smallest absolute Gasteiger partial charge is 0.397 e. The van der Waals surface area contributed by atoms with Crippen LogP contribution in [0, 0.1) is 0 Å². The molecule has 1 atom stereocenters. The van der Waals surface area contributed by atoms with Gasteiger partial charge in [-0.1, -0.05) is 31.4 Å². The molecule has 24 heavy (non-hydrogen) atoms. The number of rotatable bonds is 7. The van der Waals surface area contributed by atoms with Crippen molar-refractivity contribution in [1.29, 1.82) is 0 Å². The van der Waals surface area contributed by atoms with Gasteiger partial charge >= 0.3 is 10.4 Å². The van der Waals surface area contributed by atoms with Crippen LogP contribution in [0.3, 0.4) is 0 Å². The first-order chi connectivity index (χ1) is 11.3. The van der Waals surface area contributed by atoms with E-state index in [-0.39, 0.29) is 5.92 Å². The topological polar surface area (TPSA) is 76.1 Å². The molecule has 1 saturated carbocycles. The van der Waals surface area contributed by atoms with Gasteiger partial charge in [-0.2, -0.15) is 8.42 Å². The summed E-state index contributed by atoms with van der Waals surface area (Å²) in [5.41, 5.74) is 0.0695. The molecule has 0 aliphatic heterocycles. The molecule has 0 saturated heterocycles. The molecule has 0 radical (unpaired) electrons. The third-order valence-corrected chi connectivity index (χ3v) is 5.21. The van der Waals surface area contributed by atoms with Crippen LogP contribution >= 0.6 is 0 Å². The largest absolute Gasteiger partial charge is 0.497 e. The second kappa shape index (κ2) is 7.82. The number of nitrogens with zero attached hydrogens (tertiary/aromatic N) is 1. The summed E-state index contributed by atoms with van der Waals surface area (Å²) >= 11 is 0. The standard InChI is InChI=1S/C17H27NO5S/c1-18(2)13-16(14-7-9-15(22-3)10-8-14)17(23-24(19,20)21)11-5-4-6-12-17/h7-10,16H,4-6,11-13H2,1-3H3,(H,19,20,21). The summed E-state index contributed by atoms with van der Waals surface area (Å²) in [4.78, 5) is 2.01. The first-order valence-corrected chi connectivity index (χ1v) is 9.59. The van der Waals surface area contributed by atoms with E-state index in [2.05, 4.69) is 0 Å². The van der Waals surface area contributed by atoms with Gasteiger partial charge in [-0.3, -0.25) is 4.55 Å². The highest BCUT2D eigenvalue weighted by atomic mass is 32.3. The van der Waals surface area contributed by atoms with E-state index in [1.165, 1.54) is 0 Å². The third-order valence-electron chi connectivity index (χ3n) is 4.67. The van der Waals surface area contributed by atoms with Crippen LogP contribution in [0.25, 0.3) is 0 Å². The summed E-state index contributed by atoms with van der Waals surface area (Å²) in [6.45, 7) is 0.627. The highest BCUT2D eigenvalue weighted by Crippen LogP contribution is 2.44. The van der Waals surface area contributed by atoms with Crippen LogP contribution in [0.15, 0.2) is 24.3 Å². The molecule has 0 amide bonds. The van der Waals surface area contributed by atoms with Gasteiger partial charge in [0.15, 0.2) is 0 Å². The SMILES string of the molecule is COc1ccc(C(CN(C)C)C2(OS(=O)(=O)O)CCCCC2)cc1. The minimum atomic E-state index is -4.53. The Kier molecular flexibility index (Phi) is 6.25. The second-order valence-electron chi connectivity index (χ2n) is 6.72. The molecule has 1 aromatic rings. The average Bonchev–Trinajstić information content (AvgIpc) is 2.52. The van der Waals surface area contributed by atoms with Gasteiger partial charge in [-0.25, -0.2) is 4.18 Å². The fraction of sp³-hybridized carbons (Fsp3) is 0.647. The Balaban J connectivity index is 2.43. The van der Waals surface area contributed by atoms with Crippen molar-refractivity contribution in [2.45, 2.75) is 43.6 Å². The monoisotopic (exact) mass is 357 g/mol. The first kappa shape index (κ1) is 19.2. The lowest BCUT2D eigenvalue weighted by molar-refractivity contribution is -0.00657. The molecule has 136 valence electrons. The van der Waals surface area contributed by atoms with Gasteiger partial charge in [-0.15, -0.1) is 0 Å². The van der Waals surface area contributed by atoms with Gasteiger partial charge in [0, 0.05) is 12.5 Å². The van der Waals surface area contributed by atoms with E-state index < -0.39 is 16.0 Å². The Hall–Kier alpha value is -1.15. The van der Waals surface area contributed by atoms with E-state index >= 15 is 0 Å². The Morgan fingerprint density at radius 1 is 1.17 bits per heavy atom. The third kappa shape index (κ3) is 4.92. The van der Waals surface area contributed by atoms with Gasteiger partial charge in [0.2, 0.25) is 0 Å². The highest BCUT2D eigenvalue weighted by Gasteiger charge is 2.45. The van der Waals surface area contributed by atoms with Crippen LogP contribution in [0.4, 0.5) is 0 Å². The Labute approximate surface area is 144 Å². The number of hydrogen-bond acceptors (Lipinski definition) is 5. The summed E-state index contributed by atoms with van der Waals surface area (Å²) in [6, 6.07) is 7.61. The molecule has 2 rings (SSSR count). The average molecular weight is 357 g/mol. The zero-order valence-corrected chi connectivity index (χ0v) is 15.4. The van der Waals surface area contributed by atoms with Crippen LogP contribution in [-0.2, 0) is 14.6 Å². The summed E-state index contributed by atoms with van der Waals surface area (Å²) in [6.07, 6.45) is 4.04. The van der Waals surface area contributed by atoms with Crippen molar-refractivity contribution in [3.05, 3.63) is 29.8 Å². The van der Waals surface area contributed by atoms with Gasteiger partial charge in [-0.05, 0) is 44.6 Å². The van der Waals surface area contributed by atoms with E-state index in [4.69, 9.17) is 8.92 Å². The normalized spacial score (nSPS) is 19.2. The minimum Gasteiger partial charge on any atom is -0.497 e. The second-order valence-corrected chi connectivity index (χ2v) is 7.75.